The van der Waals surface area contributed by atoms with E-state index in [0.29, 0.717) is 17.8 Å². The highest BCUT2D eigenvalue weighted by Gasteiger charge is 2.35. The maximum absolute atomic E-state index is 10.6. The van der Waals surface area contributed by atoms with Crippen LogP contribution in [0.3, 0.4) is 0 Å². The lowest BCUT2D eigenvalue weighted by Crippen LogP contribution is -2.35. The number of rotatable bonds is 4. The van der Waals surface area contributed by atoms with Crippen molar-refractivity contribution in [3.05, 3.63) is 0 Å². The van der Waals surface area contributed by atoms with E-state index >= 15 is 0 Å². The molecule has 0 heterocycles. The van der Waals surface area contributed by atoms with Crippen molar-refractivity contribution < 1.29 is 9.90 Å². The maximum atomic E-state index is 10.6. The lowest BCUT2D eigenvalue weighted by Gasteiger charge is -2.32. The van der Waals surface area contributed by atoms with Crippen molar-refractivity contribution in [2.75, 3.05) is 0 Å². The first-order valence-electron chi connectivity index (χ1n) is 5.44. The van der Waals surface area contributed by atoms with Gasteiger partial charge in [-0.15, -0.1) is 0 Å². The SMILES string of the molecule is CC(CC(N)C(=O)O)C1(C)CCCC1. The van der Waals surface area contributed by atoms with Crippen molar-refractivity contribution in [3.8, 4) is 0 Å². The number of hydrogen-bond donors (Lipinski definition) is 2. The molecule has 1 aliphatic rings. The largest absolute Gasteiger partial charge is 0.480 e. The second-order valence-electron chi connectivity index (χ2n) is 4.94. The third-order valence-electron chi connectivity index (χ3n) is 3.86. The molecule has 0 aromatic heterocycles. The molecular weight excluding hydrogens is 178 g/mol. The van der Waals surface area contributed by atoms with Crippen molar-refractivity contribution in [1.29, 1.82) is 0 Å². The second-order valence-corrected chi connectivity index (χ2v) is 4.94. The molecule has 1 aliphatic carbocycles. The van der Waals surface area contributed by atoms with Crippen LogP contribution in [0.2, 0.25) is 0 Å². The number of carbonyl (C=O) groups is 1. The number of hydrogen-bond acceptors (Lipinski definition) is 2. The summed E-state index contributed by atoms with van der Waals surface area (Å²) in [6.45, 7) is 4.40. The van der Waals surface area contributed by atoms with Gasteiger partial charge in [0.05, 0.1) is 0 Å². The number of carboxylic acids is 1. The average Bonchev–Trinajstić information content (AvgIpc) is 2.53. The van der Waals surface area contributed by atoms with Gasteiger partial charge in [-0.25, -0.2) is 0 Å². The van der Waals surface area contributed by atoms with Crippen LogP contribution in [0.4, 0.5) is 0 Å². The van der Waals surface area contributed by atoms with Gasteiger partial charge in [0.15, 0.2) is 0 Å². The summed E-state index contributed by atoms with van der Waals surface area (Å²) in [5.41, 5.74) is 5.87. The van der Waals surface area contributed by atoms with E-state index in [4.69, 9.17) is 10.8 Å². The van der Waals surface area contributed by atoms with Crippen LogP contribution in [-0.4, -0.2) is 17.1 Å². The molecule has 0 saturated heterocycles. The van der Waals surface area contributed by atoms with E-state index < -0.39 is 12.0 Å². The zero-order valence-electron chi connectivity index (χ0n) is 9.12. The first-order valence-corrected chi connectivity index (χ1v) is 5.44. The molecule has 0 aromatic rings. The Morgan fingerprint density at radius 2 is 2.00 bits per heavy atom. The summed E-state index contributed by atoms with van der Waals surface area (Å²) in [6, 6.07) is -0.692. The molecule has 0 aromatic carbocycles. The Labute approximate surface area is 85.7 Å². The number of nitrogens with two attached hydrogens (primary N) is 1. The Morgan fingerprint density at radius 1 is 1.50 bits per heavy atom. The first-order chi connectivity index (χ1) is 6.46. The van der Waals surface area contributed by atoms with Crippen LogP contribution in [0.5, 0.6) is 0 Å². The van der Waals surface area contributed by atoms with E-state index in [9.17, 15) is 4.79 Å². The summed E-state index contributed by atoms with van der Waals surface area (Å²) in [5, 5.41) is 8.73. The molecule has 2 atom stereocenters. The lowest BCUT2D eigenvalue weighted by molar-refractivity contribution is -0.139. The molecule has 1 rings (SSSR count). The Morgan fingerprint density at radius 3 is 2.43 bits per heavy atom. The molecule has 82 valence electrons. The van der Waals surface area contributed by atoms with Gasteiger partial charge in [-0.05, 0) is 30.6 Å². The molecule has 0 aliphatic heterocycles. The highest BCUT2D eigenvalue weighted by molar-refractivity contribution is 5.73. The molecule has 0 radical (unpaired) electrons. The Kier molecular flexibility index (Phi) is 3.53. The monoisotopic (exact) mass is 199 g/mol. The predicted octanol–water partition coefficient (Wildman–Crippen LogP) is 2.00. The van der Waals surface area contributed by atoms with E-state index in [2.05, 4.69) is 13.8 Å². The highest BCUT2D eigenvalue weighted by atomic mass is 16.4. The Balaban J connectivity index is 2.48. The van der Waals surface area contributed by atoms with Crippen molar-refractivity contribution in [1.82, 2.24) is 0 Å². The summed E-state index contributed by atoms with van der Waals surface area (Å²) >= 11 is 0. The molecule has 1 fully saturated rings. The molecule has 2 unspecified atom stereocenters. The zero-order chi connectivity index (χ0) is 10.8. The molecule has 1 saturated carbocycles. The Bertz CT molecular complexity index is 209. The van der Waals surface area contributed by atoms with Crippen LogP contribution in [0.15, 0.2) is 0 Å². The second kappa shape index (κ2) is 4.30. The fraction of sp³-hybridized carbons (Fsp3) is 0.909. The van der Waals surface area contributed by atoms with Crippen LogP contribution in [0, 0.1) is 11.3 Å². The summed E-state index contributed by atoms with van der Waals surface area (Å²) in [4.78, 5) is 10.6. The predicted molar refractivity (Wildman–Crippen MR) is 56.0 cm³/mol. The average molecular weight is 199 g/mol. The third kappa shape index (κ3) is 2.47. The number of carboxylic acid groups (broad SMARTS) is 1. The summed E-state index contributed by atoms with van der Waals surface area (Å²) in [5.74, 6) is -0.463. The van der Waals surface area contributed by atoms with Gasteiger partial charge in [-0.1, -0.05) is 26.7 Å². The van der Waals surface area contributed by atoms with Crippen LogP contribution in [0.1, 0.15) is 46.0 Å². The van der Waals surface area contributed by atoms with Crippen molar-refractivity contribution in [2.24, 2.45) is 17.1 Å². The van der Waals surface area contributed by atoms with Crippen LogP contribution in [-0.2, 0) is 4.79 Å². The van der Waals surface area contributed by atoms with Crippen LogP contribution in [0.25, 0.3) is 0 Å². The quantitative estimate of drug-likeness (QED) is 0.728. The van der Waals surface area contributed by atoms with E-state index in [-0.39, 0.29) is 0 Å². The van der Waals surface area contributed by atoms with Crippen LogP contribution < -0.4 is 5.73 Å². The summed E-state index contributed by atoms with van der Waals surface area (Å²) < 4.78 is 0. The summed E-state index contributed by atoms with van der Waals surface area (Å²) in [7, 11) is 0. The van der Waals surface area contributed by atoms with Crippen LogP contribution >= 0.6 is 0 Å². The maximum Gasteiger partial charge on any atom is 0.320 e. The van der Waals surface area contributed by atoms with Crippen molar-refractivity contribution in [3.63, 3.8) is 0 Å². The van der Waals surface area contributed by atoms with Gasteiger partial charge in [0, 0.05) is 0 Å². The van der Waals surface area contributed by atoms with E-state index in [0.717, 1.165) is 0 Å². The van der Waals surface area contributed by atoms with Crippen molar-refractivity contribution >= 4 is 5.97 Å². The molecule has 0 spiro atoms. The van der Waals surface area contributed by atoms with Gasteiger partial charge in [0.25, 0.3) is 0 Å². The number of aliphatic carboxylic acids is 1. The molecule has 0 bridgehead atoms. The molecule has 3 nitrogen and oxygen atoms in total. The van der Waals surface area contributed by atoms with Crippen molar-refractivity contribution in [2.45, 2.75) is 52.0 Å². The molecule has 14 heavy (non-hydrogen) atoms. The minimum Gasteiger partial charge on any atom is -0.480 e. The smallest absolute Gasteiger partial charge is 0.320 e. The fourth-order valence-corrected chi connectivity index (χ4v) is 2.44. The van der Waals surface area contributed by atoms with Gasteiger partial charge in [-0.2, -0.15) is 0 Å². The van der Waals surface area contributed by atoms with E-state index in [1.54, 1.807) is 0 Å². The molecular formula is C11H21NO2. The molecule has 3 N–H and O–H groups in total. The standard InChI is InChI=1S/C11H21NO2/c1-8(7-9(12)10(13)14)11(2)5-3-4-6-11/h8-9H,3-7,12H2,1-2H3,(H,13,14). The highest BCUT2D eigenvalue weighted by Crippen LogP contribution is 2.45. The first kappa shape index (κ1) is 11.5. The fourth-order valence-electron chi connectivity index (χ4n) is 2.44. The van der Waals surface area contributed by atoms with E-state index in [1.165, 1.54) is 25.7 Å². The van der Waals surface area contributed by atoms with Gasteiger partial charge in [-0.3, -0.25) is 4.79 Å². The van der Waals surface area contributed by atoms with E-state index in [1.807, 2.05) is 0 Å². The topological polar surface area (TPSA) is 63.3 Å². The van der Waals surface area contributed by atoms with Gasteiger partial charge in [0.1, 0.15) is 6.04 Å². The normalized spacial score (nSPS) is 24.5. The minimum atomic E-state index is -0.876. The third-order valence-corrected chi connectivity index (χ3v) is 3.86. The minimum absolute atomic E-state index is 0.326. The lowest BCUT2D eigenvalue weighted by atomic mass is 9.74. The molecule has 3 heteroatoms. The van der Waals surface area contributed by atoms with Gasteiger partial charge in [0.2, 0.25) is 0 Å². The van der Waals surface area contributed by atoms with Gasteiger partial charge < -0.3 is 10.8 Å². The summed E-state index contributed by atoms with van der Waals surface area (Å²) in [6.07, 6.45) is 5.61. The Hall–Kier alpha value is -0.570. The molecule has 0 amide bonds. The zero-order valence-corrected chi connectivity index (χ0v) is 9.12. The van der Waals surface area contributed by atoms with Gasteiger partial charge >= 0.3 is 5.97 Å².